The molecular weight excluding hydrogens is 235 g/mol. The molecule has 1 heterocycles. The van der Waals surface area contributed by atoms with E-state index in [2.05, 4.69) is 15.3 Å². The smallest absolute Gasteiger partial charge is 0.251 e. The maximum absolute atomic E-state index is 13.2. The van der Waals surface area contributed by atoms with Crippen LogP contribution in [0.1, 0.15) is 15.9 Å². The number of hydrogen-bond acceptors (Lipinski definition) is 4. The number of benzene rings is 1. The van der Waals surface area contributed by atoms with E-state index < -0.39 is 11.7 Å². The molecule has 5 nitrogen and oxygen atoms in total. The van der Waals surface area contributed by atoms with Gasteiger partial charge in [-0.1, -0.05) is 0 Å². The van der Waals surface area contributed by atoms with E-state index >= 15 is 0 Å². The van der Waals surface area contributed by atoms with Crippen molar-refractivity contribution in [2.24, 2.45) is 5.73 Å². The SMILES string of the molecule is NC(=O)c1cc(NCc2cncnc2)ccc1F. The van der Waals surface area contributed by atoms with Gasteiger partial charge in [0.05, 0.1) is 5.56 Å². The molecule has 2 rings (SSSR count). The summed E-state index contributed by atoms with van der Waals surface area (Å²) in [6.45, 7) is 0.477. The molecule has 1 aromatic heterocycles. The molecule has 0 aliphatic heterocycles. The van der Waals surface area contributed by atoms with Crippen LogP contribution in [-0.2, 0) is 6.54 Å². The Hall–Kier alpha value is -2.50. The van der Waals surface area contributed by atoms with E-state index in [1.54, 1.807) is 12.4 Å². The topological polar surface area (TPSA) is 80.9 Å². The zero-order chi connectivity index (χ0) is 13.0. The van der Waals surface area contributed by atoms with Crippen molar-refractivity contribution in [2.75, 3.05) is 5.32 Å². The Kier molecular flexibility index (Phi) is 3.47. The molecule has 92 valence electrons. The van der Waals surface area contributed by atoms with E-state index in [1.807, 2.05) is 0 Å². The largest absolute Gasteiger partial charge is 0.381 e. The van der Waals surface area contributed by atoms with E-state index in [-0.39, 0.29) is 5.56 Å². The molecule has 0 fully saturated rings. The Labute approximate surface area is 103 Å². The molecular formula is C12H11FN4O. The van der Waals surface area contributed by atoms with Crippen LogP contribution in [0.25, 0.3) is 0 Å². The molecule has 0 spiro atoms. The summed E-state index contributed by atoms with van der Waals surface area (Å²) < 4.78 is 13.2. The predicted octanol–water partition coefficient (Wildman–Crippen LogP) is 1.33. The number of amides is 1. The molecule has 0 radical (unpaired) electrons. The number of rotatable bonds is 4. The van der Waals surface area contributed by atoms with Gasteiger partial charge in [0.25, 0.3) is 5.91 Å². The second-order valence-electron chi connectivity index (χ2n) is 3.66. The average Bonchev–Trinajstić information content (AvgIpc) is 2.38. The van der Waals surface area contributed by atoms with Crippen LogP contribution in [-0.4, -0.2) is 15.9 Å². The van der Waals surface area contributed by atoms with Crippen LogP contribution in [0.2, 0.25) is 0 Å². The summed E-state index contributed by atoms with van der Waals surface area (Å²) in [5.41, 5.74) is 6.41. The van der Waals surface area contributed by atoms with Crippen LogP contribution in [0.3, 0.4) is 0 Å². The minimum Gasteiger partial charge on any atom is -0.381 e. The molecule has 0 unspecified atom stereocenters. The highest BCUT2D eigenvalue weighted by atomic mass is 19.1. The van der Waals surface area contributed by atoms with Gasteiger partial charge in [0.1, 0.15) is 12.1 Å². The zero-order valence-corrected chi connectivity index (χ0v) is 9.43. The Morgan fingerprint density at radius 2 is 2.06 bits per heavy atom. The zero-order valence-electron chi connectivity index (χ0n) is 9.43. The third-order valence-corrected chi connectivity index (χ3v) is 2.34. The first kappa shape index (κ1) is 12.0. The monoisotopic (exact) mass is 246 g/mol. The molecule has 0 aliphatic rings. The number of nitrogens with two attached hydrogens (primary N) is 1. The van der Waals surface area contributed by atoms with E-state index in [4.69, 9.17) is 5.73 Å². The van der Waals surface area contributed by atoms with Gasteiger partial charge < -0.3 is 11.1 Å². The standard InChI is InChI=1S/C12H11FN4O/c13-11-2-1-9(3-10(11)12(14)18)17-6-8-4-15-7-16-5-8/h1-5,7,17H,6H2,(H2,14,18). The Balaban J connectivity index is 2.11. The summed E-state index contributed by atoms with van der Waals surface area (Å²) in [4.78, 5) is 18.7. The van der Waals surface area contributed by atoms with Gasteiger partial charge in [0.15, 0.2) is 0 Å². The molecule has 1 amide bonds. The second-order valence-corrected chi connectivity index (χ2v) is 3.66. The Morgan fingerprint density at radius 3 is 2.72 bits per heavy atom. The minimum atomic E-state index is -0.792. The van der Waals surface area contributed by atoms with Gasteiger partial charge in [0, 0.05) is 30.2 Å². The molecule has 0 saturated carbocycles. The van der Waals surface area contributed by atoms with Gasteiger partial charge in [0.2, 0.25) is 0 Å². The van der Waals surface area contributed by atoms with E-state index in [1.165, 1.54) is 24.5 Å². The maximum atomic E-state index is 13.2. The average molecular weight is 246 g/mol. The highest BCUT2D eigenvalue weighted by Gasteiger charge is 2.08. The summed E-state index contributed by atoms with van der Waals surface area (Å²) >= 11 is 0. The summed E-state index contributed by atoms with van der Waals surface area (Å²) in [7, 11) is 0. The number of primary amides is 1. The number of anilines is 1. The number of nitrogens with one attached hydrogen (secondary N) is 1. The van der Waals surface area contributed by atoms with Crippen molar-refractivity contribution < 1.29 is 9.18 Å². The molecule has 3 N–H and O–H groups in total. The van der Waals surface area contributed by atoms with Crippen molar-refractivity contribution in [3.05, 3.63) is 53.9 Å². The Morgan fingerprint density at radius 1 is 1.33 bits per heavy atom. The van der Waals surface area contributed by atoms with E-state index in [0.717, 1.165) is 5.56 Å². The van der Waals surface area contributed by atoms with Crippen LogP contribution in [0.4, 0.5) is 10.1 Å². The molecule has 0 atom stereocenters. The predicted molar refractivity (Wildman–Crippen MR) is 64.3 cm³/mol. The van der Waals surface area contributed by atoms with Gasteiger partial charge in [-0.25, -0.2) is 14.4 Å². The van der Waals surface area contributed by atoms with Gasteiger partial charge in [-0.3, -0.25) is 4.79 Å². The van der Waals surface area contributed by atoms with Crippen LogP contribution < -0.4 is 11.1 Å². The third kappa shape index (κ3) is 2.79. The van der Waals surface area contributed by atoms with Gasteiger partial charge in [-0.2, -0.15) is 0 Å². The van der Waals surface area contributed by atoms with Crippen LogP contribution >= 0.6 is 0 Å². The lowest BCUT2D eigenvalue weighted by Crippen LogP contribution is -2.13. The first-order valence-corrected chi connectivity index (χ1v) is 5.24. The van der Waals surface area contributed by atoms with Crippen molar-refractivity contribution >= 4 is 11.6 Å². The third-order valence-electron chi connectivity index (χ3n) is 2.34. The number of hydrogen-bond donors (Lipinski definition) is 2. The van der Waals surface area contributed by atoms with Crippen LogP contribution in [0.15, 0.2) is 36.9 Å². The molecule has 0 saturated heterocycles. The van der Waals surface area contributed by atoms with E-state index in [9.17, 15) is 9.18 Å². The van der Waals surface area contributed by atoms with Crippen LogP contribution in [0, 0.1) is 5.82 Å². The number of halogens is 1. The first-order valence-electron chi connectivity index (χ1n) is 5.24. The minimum absolute atomic E-state index is 0.135. The lowest BCUT2D eigenvalue weighted by atomic mass is 10.1. The second kappa shape index (κ2) is 5.22. The number of nitrogens with zero attached hydrogens (tertiary/aromatic N) is 2. The highest BCUT2D eigenvalue weighted by molar-refractivity contribution is 5.94. The molecule has 0 bridgehead atoms. The fourth-order valence-corrected chi connectivity index (χ4v) is 1.45. The molecule has 2 aromatic rings. The normalized spacial score (nSPS) is 10.1. The number of carbonyl (C=O) groups excluding carboxylic acids is 1. The van der Waals surface area contributed by atoms with Gasteiger partial charge in [-0.15, -0.1) is 0 Å². The Bertz CT molecular complexity index is 559. The summed E-state index contributed by atoms with van der Waals surface area (Å²) in [6, 6.07) is 4.11. The molecule has 6 heteroatoms. The van der Waals surface area contributed by atoms with Crippen molar-refractivity contribution in [3.63, 3.8) is 0 Å². The lowest BCUT2D eigenvalue weighted by molar-refractivity contribution is 0.0996. The summed E-state index contributed by atoms with van der Waals surface area (Å²) in [6.07, 6.45) is 4.77. The number of carbonyl (C=O) groups is 1. The quantitative estimate of drug-likeness (QED) is 0.852. The van der Waals surface area contributed by atoms with Crippen molar-refractivity contribution in [1.29, 1.82) is 0 Å². The molecule has 18 heavy (non-hydrogen) atoms. The maximum Gasteiger partial charge on any atom is 0.251 e. The fraction of sp³-hybridized carbons (Fsp3) is 0.0833. The van der Waals surface area contributed by atoms with Crippen molar-refractivity contribution in [2.45, 2.75) is 6.54 Å². The summed E-state index contributed by atoms with van der Waals surface area (Å²) in [5, 5.41) is 3.03. The first-order chi connectivity index (χ1) is 8.66. The summed E-state index contributed by atoms with van der Waals surface area (Å²) in [5.74, 6) is -1.42. The van der Waals surface area contributed by atoms with Crippen molar-refractivity contribution in [3.8, 4) is 0 Å². The van der Waals surface area contributed by atoms with Gasteiger partial charge >= 0.3 is 0 Å². The molecule has 0 aliphatic carbocycles. The van der Waals surface area contributed by atoms with Crippen LogP contribution in [0.5, 0.6) is 0 Å². The fourth-order valence-electron chi connectivity index (χ4n) is 1.45. The van der Waals surface area contributed by atoms with Gasteiger partial charge in [-0.05, 0) is 18.2 Å². The number of aromatic nitrogens is 2. The van der Waals surface area contributed by atoms with Crippen molar-refractivity contribution in [1.82, 2.24) is 9.97 Å². The highest BCUT2D eigenvalue weighted by Crippen LogP contribution is 2.15. The van der Waals surface area contributed by atoms with E-state index in [0.29, 0.717) is 12.2 Å². The lowest BCUT2D eigenvalue weighted by Gasteiger charge is -2.07. The molecule has 1 aromatic carbocycles.